The van der Waals surface area contributed by atoms with Crippen molar-refractivity contribution >= 4 is 29.2 Å². The molecule has 3 aromatic carbocycles. The van der Waals surface area contributed by atoms with Crippen LogP contribution in [0.3, 0.4) is 0 Å². The van der Waals surface area contributed by atoms with Crippen LogP contribution in [0.15, 0.2) is 72.8 Å². The highest BCUT2D eigenvalue weighted by Gasteiger charge is 2.46. The first-order valence-electron chi connectivity index (χ1n) is 10.9. The molecule has 3 aromatic rings. The Morgan fingerprint density at radius 3 is 2.29 bits per heavy atom. The molecule has 1 N–H and O–H groups in total. The number of imide groups is 1. The number of rotatable bonds is 8. The van der Waals surface area contributed by atoms with E-state index in [0.29, 0.717) is 22.9 Å². The van der Waals surface area contributed by atoms with Crippen LogP contribution in [0.25, 0.3) is 0 Å². The van der Waals surface area contributed by atoms with Crippen molar-refractivity contribution in [3.63, 3.8) is 0 Å². The van der Waals surface area contributed by atoms with Gasteiger partial charge in [-0.2, -0.15) is 0 Å². The first-order valence-corrected chi connectivity index (χ1v) is 10.9. The Balaban J connectivity index is 1.61. The number of anilines is 2. The summed E-state index contributed by atoms with van der Waals surface area (Å²) in [5, 5.41) is 2.65. The molecule has 0 spiro atoms. The first-order chi connectivity index (χ1) is 16.9. The van der Waals surface area contributed by atoms with Crippen molar-refractivity contribution in [1.82, 2.24) is 4.90 Å². The summed E-state index contributed by atoms with van der Waals surface area (Å²) in [5.41, 5.74) is 1.50. The van der Waals surface area contributed by atoms with Gasteiger partial charge in [-0.05, 0) is 66.2 Å². The van der Waals surface area contributed by atoms with Gasteiger partial charge in [-0.25, -0.2) is 14.1 Å². The van der Waals surface area contributed by atoms with E-state index in [-0.39, 0.29) is 13.0 Å². The lowest BCUT2D eigenvalue weighted by Crippen LogP contribution is -2.37. The van der Waals surface area contributed by atoms with Crippen LogP contribution in [-0.2, 0) is 16.1 Å². The van der Waals surface area contributed by atoms with Crippen LogP contribution in [-0.4, -0.2) is 43.0 Å². The minimum Gasteiger partial charge on any atom is -0.497 e. The summed E-state index contributed by atoms with van der Waals surface area (Å²) in [6.07, 6.45) is -0.265. The van der Waals surface area contributed by atoms with Crippen LogP contribution in [0.2, 0.25) is 0 Å². The second-order valence-electron chi connectivity index (χ2n) is 7.91. The largest absolute Gasteiger partial charge is 0.497 e. The molecule has 1 saturated heterocycles. The van der Waals surface area contributed by atoms with Crippen molar-refractivity contribution in [1.29, 1.82) is 0 Å². The van der Waals surface area contributed by atoms with Crippen LogP contribution >= 0.6 is 0 Å². The third kappa shape index (κ3) is 5.24. The zero-order valence-electron chi connectivity index (χ0n) is 19.2. The van der Waals surface area contributed by atoms with Gasteiger partial charge in [-0.1, -0.05) is 12.1 Å². The fourth-order valence-electron chi connectivity index (χ4n) is 3.87. The molecule has 0 bridgehead atoms. The number of methoxy groups -OCH3 is 2. The molecule has 4 rings (SSSR count). The number of hydrogen-bond acceptors (Lipinski definition) is 5. The zero-order chi connectivity index (χ0) is 24.9. The Kier molecular flexibility index (Phi) is 6.96. The summed E-state index contributed by atoms with van der Waals surface area (Å²) in [6.45, 7) is 0.100. The molecular formula is C26H24FN3O5. The van der Waals surface area contributed by atoms with E-state index in [1.165, 1.54) is 43.4 Å². The summed E-state index contributed by atoms with van der Waals surface area (Å²) < 4.78 is 23.6. The molecule has 1 fully saturated rings. The molecule has 4 amide bonds. The van der Waals surface area contributed by atoms with Gasteiger partial charge in [0.05, 0.1) is 26.3 Å². The number of carbonyl (C=O) groups excluding carboxylic acids is 3. The molecule has 1 aliphatic rings. The zero-order valence-corrected chi connectivity index (χ0v) is 19.2. The number of ether oxygens (including phenoxy) is 2. The van der Waals surface area contributed by atoms with Crippen molar-refractivity contribution in [2.75, 3.05) is 24.4 Å². The van der Waals surface area contributed by atoms with Gasteiger partial charge in [-0.3, -0.25) is 9.59 Å². The predicted molar refractivity (Wildman–Crippen MR) is 128 cm³/mol. The molecule has 1 heterocycles. The summed E-state index contributed by atoms with van der Waals surface area (Å²) in [5.74, 6) is -0.235. The second-order valence-corrected chi connectivity index (χ2v) is 7.91. The molecule has 0 saturated carbocycles. The van der Waals surface area contributed by atoms with Crippen molar-refractivity contribution in [3.8, 4) is 11.5 Å². The highest BCUT2D eigenvalue weighted by Crippen LogP contribution is 2.30. The van der Waals surface area contributed by atoms with E-state index in [2.05, 4.69) is 5.32 Å². The molecule has 0 aliphatic carbocycles. The average Bonchev–Trinajstić information content (AvgIpc) is 3.09. The maximum atomic E-state index is 13.4. The number of benzene rings is 3. The van der Waals surface area contributed by atoms with Crippen molar-refractivity contribution < 1.29 is 28.2 Å². The van der Waals surface area contributed by atoms with Gasteiger partial charge in [0.1, 0.15) is 23.4 Å². The SMILES string of the molecule is COc1ccc(N2C(=O)[C@H](CC(=O)Nc3ccc(F)cc3)N(Cc3cccc(OC)c3)C2=O)cc1. The van der Waals surface area contributed by atoms with E-state index >= 15 is 0 Å². The van der Waals surface area contributed by atoms with E-state index < -0.39 is 29.7 Å². The highest BCUT2D eigenvalue weighted by atomic mass is 19.1. The minimum absolute atomic E-state index is 0.100. The highest BCUT2D eigenvalue weighted by molar-refractivity contribution is 6.22. The number of nitrogens with one attached hydrogen (secondary N) is 1. The summed E-state index contributed by atoms with van der Waals surface area (Å²) in [6, 6.07) is 17.4. The molecule has 8 nitrogen and oxygen atoms in total. The third-order valence-electron chi connectivity index (χ3n) is 5.64. The Morgan fingerprint density at radius 2 is 1.63 bits per heavy atom. The Hall–Kier alpha value is -4.40. The number of carbonyl (C=O) groups is 3. The topological polar surface area (TPSA) is 88.2 Å². The number of halogens is 1. The maximum absolute atomic E-state index is 13.4. The monoisotopic (exact) mass is 477 g/mol. The van der Waals surface area contributed by atoms with Crippen LogP contribution < -0.4 is 19.7 Å². The number of urea groups is 1. The fourth-order valence-corrected chi connectivity index (χ4v) is 3.87. The van der Waals surface area contributed by atoms with Gasteiger partial charge in [0.25, 0.3) is 5.91 Å². The number of amides is 4. The lowest BCUT2D eigenvalue weighted by atomic mass is 10.1. The minimum atomic E-state index is -1.03. The van der Waals surface area contributed by atoms with Crippen LogP contribution in [0.1, 0.15) is 12.0 Å². The number of nitrogens with zero attached hydrogens (tertiary/aromatic N) is 2. The maximum Gasteiger partial charge on any atom is 0.332 e. The van der Waals surface area contributed by atoms with Crippen molar-refractivity contribution in [2.24, 2.45) is 0 Å². The van der Waals surface area contributed by atoms with Gasteiger partial charge in [0.15, 0.2) is 0 Å². The summed E-state index contributed by atoms with van der Waals surface area (Å²) in [4.78, 5) is 42.0. The summed E-state index contributed by atoms with van der Waals surface area (Å²) >= 11 is 0. The molecule has 180 valence electrons. The molecule has 0 aromatic heterocycles. The lowest BCUT2D eigenvalue weighted by Gasteiger charge is -2.22. The molecule has 0 unspecified atom stereocenters. The van der Waals surface area contributed by atoms with Gasteiger partial charge in [0, 0.05) is 12.2 Å². The van der Waals surface area contributed by atoms with Gasteiger partial charge in [-0.15, -0.1) is 0 Å². The quantitative estimate of drug-likeness (QED) is 0.491. The normalized spacial score (nSPS) is 15.3. The Labute approximate surface area is 201 Å². The van der Waals surface area contributed by atoms with E-state index in [1.807, 2.05) is 6.07 Å². The van der Waals surface area contributed by atoms with Gasteiger partial charge < -0.3 is 19.7 Å². The van der Waals surface area contributed by atoms with Crippen molar-refractivity contribution in [3.05, 3.63) is 84.2 Å². The average molecular weight is 477 g/mol. The Morgan fingerprint density at radius 1 is 0.943 bits per heavy atom. The molecule has 9 heteroatoms. The molecule has 0 radical (unpaired) electrons. The second kappa shape index (κ2) is 10.3. The van der Waals surface area contributed by atoms with E-state index in [1.54, 1.807) is 42.5 Å². The smallest absolute Gasteiger partial charge is 0.332 e. The molecule has 35 heavy (non-hydrogen) atoms. The first kappa shape index (κ1) is 23.7. The van der Waals surface area contributed by atoms with Crippen molar-refractivity contribution in [2.45, 2.75) is 19.0 Å². The van der Waals surface area contributed by atoms with E-state index in [4.69, 9.17) is 9.47 Å². The predicted octanol–water partition coefficient (Wildman–Crippen LogP) is 4.21. The third-order valence-corrected chi connectivity index (χ3v) is 5.64. The van der Waals surface area contributed by atoms with E-state index in [9.17, 15) is 18.8 Å². The fraction of sp³-hybridized carbons (Fsp3) is 0.192. The molecular weight excluding hydrogens is 453 g/mol. The lowest BCUT2D eigenvalue weighted by molar-refractivity contribution is -0.124. The van der Waals surface area contributed by atoms with E-state index in [0.717, 1.165) is 10.5 Å². The van der Waals surface area contributed by atoms with Gasteiger partial charge >= 0.3 is 6.03 Å². The van der Waals surface area contributed by atoms with Crippen LogP contribution in [0.5, 0.6) is 11.5 Å². The van der Waals surface area contributed by atoms with Crippen LogP contribution in [0, 0.1) is 5.82 Å². The van der Waals surface area contributed by atoms with Crippen LogP contribution in [0.4, 0.5) is 20.6 Å². The summed E-state index contributed by atoms with van der Waals surface area (Å²) in [7, 11) is 3.06. The molecule has 1 aliphatic heterocycles. The number of hydrogen-bond donors (Lipinski definition) is 1. The molecule has 1 atom stereocenters. The Bertz CT molecular complexity index is 1230. The van der Waals surface area contributed by atoms with Gasteiger partial charge in [0.2, 0.25) is 5.91 Å². The standard InChI is InChI=1S/C26H24FN3O5/c1-34-21-12-10-20(11-13-21)30-25(32)23(15-24(31)28-19-8-6-18(27)7-9-19)29(26(30)33)16-17-4-3-5-22(14-17)35-2/h3-14,23H,15-16H2,1-2H3,(H,28,31)/t23-/m0/s1.